The molecule has 4 aliphatic heterocycles. The number of hydrogen-bond donors (Lipinski definition) is 0. The first kappa shape index (κ1) is 75.8. The zero-order chi connectivity index (χ0) is 74.2. The van der Waals surface area contributed by atoms with Crippen molar-refractivity contribution < 1.29 is 104 Å². The van der Waals surface area contributed by atoms with Gasteiger partial charge in [0.2, 0.25) is 0 Å². The first-order chi connectivity index (χ1) is 53.1. The molecule has 0 aromatic heterocycles. The molecule has 4 fully saturated rings. The Hall–Kier alpha value is -10.4. The fourth-order valence-electron chi connectivity index (χ4n) is 12.8. The molecule has 4 heterocycles. The van der Waals surface area contributed by atoms with E-state index in [-0.39, 0.29) is 74.1 Å². The highest BCUT2D eigenvalue weighted by molar-refractivity contribution is 5.92. The van der Waals surface area contributed by atoms with Crippen LogP contribution >= 0.6 is 0 Å². The third-order valence-corrected chi connectivity index (χ3v) is 18.3. The predicted octanol–water partition coefficient (Wildman–Crippen LogP) is 12.2. The quantitative estimate of drug-likeness (QED) is 0.0204. The van der Waals surface area contributed by atoms with Crippen LogP contribution in [-0.4, -0.2) is 161 Å². The maximum Gasteiger partial charge on any atom is 0.338 e. The average molecular weight is 1470 g/mol. The van der Waals surface area contributed by atoms with Crippen LogP contribution in [0.5, 0.6) is 0 Å². The monoisotopic (exact) mass is 1470 g/mol. The number of carbonyl (C=O) groups excluding carboxylic acids is 5. The zero-order valence-electron chi connectivity index (χ0n) is 58.8. The molecule has 108 heavy (non-hydrogen) atoms. The van der Waals surface area contributed by atoms with Gasteiger partial charge in [-0.05, 0) is 82.9 Å². The summed E-state index contributed by atoms with van der Waals surface area (Å²) in [6.07, 6.45) is -18.0. The Morgan fingerprint density at radius 3 is 0.787 bits per heavy atom. The highest BCUT2D eigenvalue weighted by atomic mass is 16.8. The van der Waals surface area contributed by atoms with E-state index in [9.17, 15) is 24.0 Å². The molecule has 22 heteroatoms. The van der Waals surface area contributed by atoms with Gasteiger partial charge in [-0.25, -0.2) is 24.0 Å². The second-order valence-electron chi connectivity index (χ2n) is 25.7. The SMILES string of the molecule is C=CCO[C@@H]1O[C@@H](CO[C@@H]2O[C@@H](CO[C@@H]3O[C@@H](CO[C@@H]4O[C@@H](COC(=O)c5ccccc5)[C@H](OC(=O)c5ccccc5)[C@H]4OC(=O)c4ccccc4)[C@H](OC(=O)c4ccccc4)[C@H]3OC(=O)c3ccccc3)[C@H](OCc3ccccc3)[C@H]2OCc2ccccc2)[C@H](OCc2ccccc2)[C@H]1OCc1ccccc1. The molecule has 16 atom stereocenters. The minimum Gasteiger partial charge on any atom is -0.459 e. The number of esters is 5. The maximum absolute atomic E-state index is 14.6. The topological polar surface area (TPSA) is 242 Å². The summed E-state index contributed by atoms with van der Waals surface area (Å²) < 4.78 is 112. The summed E-state index contributed by atoms with van der Waals surface area (Å²) in [6, 6.07) is 79.3. The van der Waals surface area contributed by atoms with Gasteiger partial charge in [0.05, 0.1) is 80.7 Å². The van der Waals surface area contributed by atoms with Crippen molar-refractivity contribution in [3.05, 3.63) is 336 Å². The molecular formula is C86H82O22. The van der Waals surface area contributed by atoms with E-state index in [1.165, 1.54) is 24.3 Å². The van der Waals surface area contributed by atoms with E-state index in [4.69, 9.17) is 80.5 Å². The third kappa shape index (κ3) is 20.2. The van der Waals surface area contributed by atoms with Gasteiger partial charge < -0.3 is 80.5 Å². The summed E-state index contributed by atoms with van der Waals surface area (Å²) in [6.45, 7) is 3.00. The second-order valence-corrected chi connectivity index (χ2v) is 25.7. The Labute approximate surface area is 625 Å². The van der Waals surface area contributed by atoms with E-state index < -0.39 is 141 Å². The van der Waals surface area contributed by atoms with Crippen molar-refractivity contribution in [2.45, 2.75) is 125 Å². The summed E-state index contributed by atoms with van der Waals surface area (Å²) in [7, 11) is 0. The van der Waals surface area contributed by atoms with Crippen LogP contribution < -0.4 is 0 Å². The fraction of sp³-hybridized carbons (Fsp3) is 0.291. The smallest absolute Gasteiger partial charge is 0.338 e. The van der Waals surface area contributed by atoms with Gasteiger partial charge in [-0.15, -0.1) is 6.58 Å². The highest BCUT2D eigenvalue weighted by Gasteiger charge is 2.56. The molecule has 9 aromatic rings. The van der Waals surface area contributed by atoms with Crippen molar-refractivity contribution in [3.63, 3.8) is 0 Å². The molecule has 0 saturated carbocycles. The van der Waals surface area contributed by atoms with Gasteiger partial charge in [0.25, 0.3) is 0 Å². The maximum atomic E-state index is 14.6. The van der Waals surface area contributed by atoms with Crippen molar-refractivity contribution in [2.24, 2.45) is 0 Å². The van der Waals surface area contributed by atoms with Crippen LogP contribution in [0.3, 0.4) is 0 Å². The lowest BCUT2D eigenvalue weighted by Crippen LogP contribution is -2.45. The lowest BCUT2D eigenvalue weighted by molar-refractivity contribution is -0.227. The van der Waals surface area contributed by atoms with E-state index in [1.807, 2.05) is 121 Å². The molecule has 4 saturated heterocycles. The predicted molar refractivity (Wildman–Crippen MR) is 388 cm³/mol. The summed E-state index contributed by atoms with van der Waals surface area (Å²) in [5.41, 5.74) is 4.28. The molecule has 0 N–H and O–H groups in total. The lowest BCUT2D eigenvalue weighted by Gasteiger charge is -2.27. The molecule has 4 aliphatic rings. The molecule has 22 nitrogen and oxygen atoms in total. The van der Waals surface area contributed by atoms with Gasteiger partial charge in [0.15, 0.2) is 49.6 Å². The number of hydrogen-bond acceptors (Lipinski definition) is 22. The fourth-order valence-corrected chi connectivity index (χ4v) is 12.8. The van der Waals surface area contributed by atoms with Crippen molar-refractivity contribution in [1.29, 1.82) is 0 Å². The molecule has 0 unspecified atom stereocenters. The molecule has 558 valence electrons. The molecule has 0 amide bonds. The first-order valence-corrected chi connectivity index (χ1v) is 35.7. The Kier molecular flexibility index (Phi) is 27.0. The van der Waals surface area contributed by atoms with E-state index >= 15 is 0 Å². The second kappa shape index (κ2) is 38.4. The van der Waals surface area contributed by atoms with E-state index in [2.05, 4.69) is 6.58 Å². The number of rotatable bonds is 35. The number of ether oxygens (including phenoxy) is 17. The van der Waals surface area contributed by atoms with E-state index in [0.29, 0.717) is 0 Å². The normalized spacial score (nSPS) is 25.0. The van der Waals surface area contributed by atoms with Gasteiger partial charge in [-0.2, -0.15) is 0 Å². The van der Waals surface area contributed by atoms with E-state index in [0.717, 1.165) is 22.3 Å². The van der Waals surface area contributed by atoms with Crippen LogP contribution in [0.25, 0.3) is 0 Å². The van der Waals surface area contributed by atoms with Gasteiger partial charge in [0, 0.05) is 0 Å². The summed E-state index contributed by atoms with van der Waals surface area (Å²) in [5, 5.41) is 0. The number of benzene rings is 9. The van der Waals surface area contributed by atoms with Gasteiger partial charge in [-0.3, -0.25) is 0 Å². The molecule has 0 radical (unpaired) electrons. The van der Waals surface area contributed by atoms with Crippen molar-refractivity contribution >= 4 is 29.8 Å². The van der Waals surface area contributed by atoms with Crippen LogP contribution in [0.1, 0.15) is 74.0 Å². The largest absolute Gasteiger partial charge is 0.459 e. The Morgan fingerprint density at radius 1 is 0.259 bits per heavy atom. The van der Waals surface area contributed by atoms with E-state index in [1.54, 1.807) is 133 Å². The number of carbonyl (C=O) groups is 5. The minimum atomic E-state index is -1.64. The molecule has 13 rings (SSSR count). The lowest BCUT2D eigenvalue weighted by atomic mass is 10.1. The van der Waals surface area contributed by atoms with Gasteiger partial charge >= 0.3 is 29.8 Å². The Bertz CT molecular complexity index is 4270. The summed E-state index contributed by atoms with van der Waals surface area (Å²) in [4.78, 5) is 71.2. The molecule has 0 spiro atoms. The van der Waals surface area contributed by atoms with Crippen LogP contribution in [0.15, 0.2) is 286 Å². The Balaban J connectivity index is 0.821. The van der Waals surface area contributed by atoms with Gasteiger partial charge in [0.1, 0.15) is 55.4 Å². The van der Waals surface area contributed by atoms with Crippen molar-refractivity contribution in [2.75, 3.05) is 33.0 Å². The highest BCUT2D eigenvalue weighted by Crippen LogP contribution is 2.38. The average Bonchev–Trinajstić information content (AvgIpc) is 1.65. The Morgan fingerprint density at radius 2 is 0.491 bits per heavy atom. The first-order valence-electron chi connectivity index (χ1n) is 35.7. The molecular weight excluding hydrogens is 1380 g/mol. The molecule has 0 aliphatic carbocycles. The zero-order valence-corrected chi connectivity index (χ0v) is 58.8. The van der Waals surface area contributed by atoms with Crippen LogP contribution in [-0.2, 0) is 107 Å². The standard InChI is InChI=1S/C86H82O22/c1-2-48-92-83-74(95-51-59-34-16-5-17-35-59)70(93-49-57-30-12-3-13-31-57)66(101-83)54-98-84-75(96-52-60-36-18-6-19-37-60)71(94-50-58-32-14-4-15-33-58)67(102-84)55-99-85-77(108-82(91)65-46-28-11-29-47-65)73(106-80(89)63-42-24-9-25-43-63)69(104-85)56-100-86-76(107-81(90)64-44-26-10-27-45-64)72(105-79(88)62-40-22-8-23-41-62)68(103-86)53-97-78(87)61-38-20-7-21-39-61/h2-47,66-77,83-86H,1,48-56H2/t66-,67-,68-,69-,70-,71-,72-,73-,74+,75+,76+,77+,83+,84+,85+,86+/m0/s1. The van der Waals surface area contributed by atoms with Crippen LogP contribution in [0.4, 0.5) is 0 Å². The summed E-state index contributed by atoms with van der Waals surface area (Å²) in [5.74, 6) is -4.08. The van der Waals surface area contributed by atoms with Crippen molar-refractivity contribution in [3.8, 4) is 0 Å². The molecule has 9 aromatic carbocycles. The third-order valence-electron chi connectivity index (χ3n) is 18.3. The minimum absolute atomic E-state index is 0.0782. The van der Waals surface area contributed by atoms with Crippen molar-refractivity contribution in [1.82, 2.24) is 0 Å². The van der Waals surface area contributed by atoms with Crippen LogP contribution in [0.2, 0.25) is 0 Å². The molecule has 0 bridgehead atoms. The van der Waals surface area contributed by atoms with Crippen LogP contribution in [0, 0.1) is 0 Å². The summed E-state index contributed by atoms with van der Waals surface area (Å²) >= 11 is 0. The van der Waals surface area contributed by atoms with Gasteiger partial charge in [-0.1, -0.05) is 218 Å².